The fourth-order valence-corrected chi connectivity index (χ4v) is 3.17. The van der Waals surface area contributed by atoms with Crippen LogP contribution in [0.4, 0.5) is 5.82 Å². The van der Waals surface area contributed by atoms with E-state index in [2.05, 4.69) is 10.3 Å². The lowest BCUT2D eigenvalue weighted by Crippen LogP contribution is -2.05. The van der Waals surface area contributed by atoms with Crippen molar-refractivity contribution in [1.29, 1.82) is 0 Å². The fraction of sp³-hybridized carbons (Fsp3) is 0.150. The summed E-state index contributed by atoms with van der Waals surface area (Å²) in [5.74, 6) is 1.16. The Balaban J connectivity index is 1.98. The number of hydrogen-bond acceptors (Lipinski definition) is 6. The fourth-order valence-electron chi connectivity index (χ4n) is 2.94. The number of nitrogens with one attached hydrogen (secondary N) is 1. The van der Waals surface area contributed by atoms with Crippen LogP contribution in [-0.4, -0.2) is 23.6 Å². The Kier molecular flexibility index (Phi) is 4.41. The lowest BCUT2D eigenvalue weighted by atomic mass is 10.1. The van der Waals surface area contributed by atoms with E-state index >= 15 is 0 Å². The van der Waals surface area contributed by atoms with E-state index in [0.29, 0.717) is 50.8 Å². The summed E-state index contributed by atoms with van der Waals surface area (Å²) >= 11 is 6.24. The van der Waals surface area contributed by atoms with Gasteiger partial charge in [-0.2, -0.15) is 0 Å². The van der Waals surface area contributed by atoms with Crippen LogP contribution < -0.4 is 15.5 Å². The van der Waals surface area contributed by atoms with Gasteiger partial charge in [0.2, 0.25) is 0 Å². The molecule has 0 bridgehead atoms. The van der Waals surface area contributed by atoms with Crippen molar-refractivity contribution in [1.82, 2.24) is 9.97 Å². The molecule has 136 valence electrons. The predicted octanol–water partition coefficient (Wildman–Crippen LogP) is 4.50. The number of rotatable bonds is 4. The molecule has 0 fully saturated rings. The van der Waals surface area contributed by atoms with Gasteiger partial charge in [0.05, 0.1) is 34.8 Å². The van der Waals surface area contributed by atoms with E-state index in [1.807, 2.05) is 13.0 Å². The first-order valence-corrected chi connectivity index (χ1v) is 8.79. The molecule has 0 saturated heterocycles. The standard InChI is InChI=1S/C20H16ClN3O3/c1-3-22-20-19(11-4-5-17-12(8-11)16(25)6-7-27-17)23-14-9-13(21)18(26-2)10-15(14)24-20/h4-10H,3H2,1-2H3,(H,22,24). The minimum Gasteiger partial charge on any atom is -0.495 e. The molecule has 4 aromatic rings. The molecular weight excluding hydrogens is 366 g/mol. The van der Waals surface area contributed by atoms with Gasteiger partial charge < -0.3 is 14.5 Å². The molecule has 0 aliphatic rings. The molecule has 0 atom stereocenters. The molecule has 0 unspecified atom stereocenters. The van der Waals surface area contributed by atoms with Gasteiger partial charge in [-0.25, -0.2) is 9.97 Å². The molecule has 0 saturated carbocycles. The van der Waals surface area contributed by atoms with Crippen LogP contribution in [0.3, 0.4) is 0 Å². The van der Waals surface area contributed by atoms with E-state index < -0.39 is 0 Å². The van der Waals surface area contributed by atoms with Gasteiger partial charge in [-0.3, -0.25) is 4.79 Å². The van der Waals surface area contributed by atoms with E-state index in [0.717, 1.165) is 5.56 Å². The van der Waals surface area contributed by atoms with Crippen LogP contribution >= 0.6 is 11.6 Å². The number of nitrogens with zero attached hydrogens (tertiary/aromatic N) is 2. The maximum atomic E-state index is 12.2. The van der Waals surface area contributed by atoms with Gasteiger partial charge in [0.15, 0.2) is 11.2 Å². The third-order valence-electron chi connectivity index (χ3n) is 4.21. The van der Waals surface area contributed by atoms with E-state index in [1.165, 1.54) is 12.3 Å². The van der Waals surface area contributed by atoms with Crippen molar-refractivity contribution in [3.63, 3.8) is 0 Å². The largest absolute Gasteiger partial charge is 0.495 e. The van der Waals surface area contributed by atoms with Crippen LogP contribution in [0, 0.1) is 0 Å². The number of anilines is 1. The van der Waals surface area contributed by atoms with E-state index in [9.17, 15) is 4.79 Å². The molecular formula is C20H16ClN3O3. The maximum absolute atomic E-state index is 12.2. The highest BCUT2D eigenvalue weighted by Crippen LogP contribution is 2.33. The number of methoxy groups -OCH3 is 1. The van der Waals surface area contributed by atoms with Crippen LogP contribution in [-0.2, 0) is 0 Å². The summed E-state index contributed by atoms with van der Waals surface area (Å²) in [7, 11) is 1.56. The first kappa shape index (κ1) is 17.3. The molecule has 7 heteroatoms. The monoisotopic (exact) mass is 381 g/mol. The Bertz CT molecular complexity index is 1220. The van der Waals surface area contributed by atoms with Crippen LogP contribution in [0.15, 0.2) is 51.9 Å². The number of ether oxygens (including phenoxy) is 1. The average molecular weight is 382 g/mol. The zero-order valence-electron chi connectivity index (χ0n) is 14.7. The second-order valence-electron chi connectivity index (χ2n) is 5.92. The summed E-state index contributed by atoms with van der Waals surface area (Å²) < 4.78 is 10.7. The van der Waals surface area contributed by atoms with Gasteiger partial charge in [0.1, 0.15) is 17.0 Å². The molecule has 2 aromatic heterocycles. The lowest BCUT2D eigenvalue weighted by molar-refractivity contribution is 0.415. The highest BCUT2D eigenvalue weighted by atomic mass is 35.5. The first-order chi connectivity index (χ1) is 13.1. The molecule has 4 rings (SSSR count). The van der Waals surface area contributed by atoms with E-state index in [1.54, 1.807) is 31.4 Å². The third kappa shape index (κ3) is 3.08. The zero-order chi connectivity index (χ0) is 19.0. The quantitative estimate of drug-likeness (QED) is 0.561. The number of fused-ring (bicyclic) bond motifs is 2. The summed E-state index contributed by atoms with van der Waals surface area (Å²) in [6.07, 6.45) is 1.39. The smallest absolute Gasteiger partial charge is 0.192 e. The Hall–Kier alpha value is -3.12. The van der Waals surface area contributed by atoms with Crippen LogP contribution in [0.2, 0.25) is 5.02 Å². The van der Waals surface area contributed by atoms with Crippen molar-refractivity contribution < 1.29 is 9.15 Å². The predicted molar refractivity (Wildman–Crippen MR) is 107 cm³/mol. The van der Waals surface area contributed by atoms with Crippen molar-refractivity contribution in [3.8, 4) is 17.0 Å². The molecule has 2 aromatic carbocycles. The normalized spacial score (nSPS) is 11.1. The van der Waals surface area contributed by atoms with Crippen LogP contribution in [0.1, 0.15) is 6.92 Å². The molecule has 0 amide bonds. The summed E-state index contributed by atoms with van der Waals surface area (Å²) in [6.45, 7) is 2.65. The van der Waals surface area contributed by atoms with Gasteiger partial charge in [0, 0.05) is 24.2 Å². The molecule has 27 heavy (non-hydrogen) atoms. The van der Waals surface area contributed by atoms with Crippen molar-refractivity contribution in [2.75, 3.05) is 19.0 Å². The van der Waals surface area contributed by atoms with E-state index in [4.69, 9.17) is 25.7 Å². The van der Waals surface area contributed by atoms with Gasteiger partial charge in [-0.15, -0.1) is 0 Å². The molecule has 0 spiro atoms. The molecule has 0 aliphatic carbocycles. The van der Waals surface area contributed by atoms with Gasteiger partial charge in [-0.05, 0) is 31.2 Å². The minimum atomic E-state index is -0.107. The Morgan fingerprint density at radius 1 is 1.15 bits per heavy atom. The van der Waals surface area contributed by atoms with Gasteiger partial charge in [-0.1, -0.05) is 11.6 Å². The molecule has 6 nitrogen and oxygen atoms in total. The van der Waals surface area contributed by atoms with Crippen molar-refractivity contribution in [2.24, 2.45) is 0 Å². The summed E-state index contributed by atoms with van der Waals surface area (Å²) in [5.41, 5.74) is 3.12. The van der Waals surface area contributed by atoms with Crippen LogP contribution in [0.25, 0.3) is 33.3 Å². The minimum absolute atomic E-state index is 0.107. The van der Waals surface area contributed by atoms with Gasteiger partial charge in [0.25, 0.3) is 0 Å². The van der Waals surface area contributed by atoms with E-state index in [-0.39, 0.29) is 5.43 Å². The number of hydrogen-bond donors (Lipinski definition) is 1. The topological polar surface area (TPSA) is 77.2 Å². The Morgan fingerprint density at radius 2 is 1.96 bits per heavy atom. The number of aromatic nitrogens is 2. The second kappa shape index (κ2) is 6.89. The lowest BCUT2D eigenvalue weighted by Gasteiger charge is -2.12. The van der Waals surface area contributed by atoms with Gasteiger partial charge >= 0.3 is 0 Å². The van der Waals surface area contributed by atoms with Crippen molar-refractivity contribution >= 4 is 39.4 Å². The SMILES string of the molecule is CCNc1nc2cc(OC)c(Cl)cc2nc1-c1ccc2occc(=O)c2c1. The molecule has 1 N–H and O–H groups in total. The maximum Gasteiger partial charge on any atom is 0.192 e. The Labute approximate surface area is 159 Å². The van der Waals surface area contributed by atoms with Crippen molar-refractivity contribution in [3.05, 3.63) is 57.9 Å². The summed E-state index contributed by atoms with van der Waals surface area (Å²) in [5, 5.41) is 4.18. The second-order valence-corrected chi connectivity index (χ2v) is 6.33. The molecule has 0 radical (unpaired) electrons. The highest BCUT2D eigenvalue weighted by Gasteiger charge is 2.14. The Morgan fingerprint density at radius 3 is 2.74 bits per heavy atom. The molecule has 2 heterocycles. The number of benzene rings is 2. The zero-order valence-corrected chi connectivity index (χ0v) is 15.5. The number of halogens is 1. The summed E-state index contributed by atoms with van der Waals surface area (Å²) in [4.78, 5) is 21.6. The third-order valence-corrected chi connectivity index (χ3v) is 4.51. The first-order valence-electron chi connectivity index (χ1n) is 8.42. The van der Waals surface area contributed by atoms with Crippen molar-refractivity contribution in [2.45, 2.75) is 6.92 Å². The highest BCUT2D eigenvalue weighted by molar-refractivity contribution is 6.32. The van der Waals surface area contributed by atoms with Crippen LogP contribution in [0.5, 0.6) is 5.75 Å². The molecule has 0 aliphatic heterocycles. The summed E-state index contributed by atoms with van der Waals surface area (Å²) in [6, 6.07) is 10.3. The average Bonchev–Trinajstić information content (AvgIpc) is 2.67.